The Kier molecular flexibility index (Phi) is 7.16. The van der Waals surface area contributed by atoms with Crippen molar-refractivity contribution in [1.82, 2.24) is 0 Å². The first-order valence-electron chi connectivity index (χ1n) is 9.36. The van der Waals surface area contributed by atoms with E-state index in [0.717, 1.165) is 16.2 Å². The molecule has 0 fully saturated rings. The van der Waals surface area contributed by atoms with E-state index in [9.17, 15) is 8.76 Å². The molecule has 1 N–H and O–H groups in total. The summed E-state index contributed by atoms with van der Waals surface area (Å²) in [6.07, 6.45) is -0.240. The Labute approximate surface area is 177 Å². The van der Waals surface area contributed by atoms with Crippen LogP contribution in [0, 0.1) is 0 Å². The predicted molar refractivity (Wildman–Crippen MR) is 124 cm³/mol. The monoisotopic (exact) mass is 456 g/mol. The van der Waals surface area contributed by atoms with Crippen molar-refractivity contribution in [2.24, 2.45) is 0 Å². The SMILES string of the molecule is CC(C)(C)[Si](C)(C)Oc1ccc(C(O[Si](C)(C)C)c2cc(S(=O)O)cs2)cc1. The summed E-state index contributed by atoms with van der Waals surface area (Å²) in [6.45, 7) is 17.6. The van der Waals surface area contributed by atoms with Gasteiger partial charge in [0, 0.05) is 10.3 Å². The number of benzene rings is 1. The minimum atomic E-state index is -1.98. The summed E-state index contributed by atoms with van der Waals surface area (Å²) >= 11 is -0.518. The zero-order chi connectivity index (χ0) is 21.3. The second-order valence-corrected chi connectivity index (χ2v) is 20.6. The van der Waals surface area contributed by atoms with Crippen LogP contribution in [0.2, 0.25) is 37.8 Å². The molecule has 0 aliphatic rings. The third kappa shape index (κ3) is 6.11. The van der Waals surface area contributed by atoms with E-state index in [-0.39, 0.29) is 11.1 Å². The van der Waals surface area contributed by atoms with Crippen LogP contribution in [0.5, 0.6) is 5.75 Å². The lowest BCUT2D eigenvalue weighted by Crippen LogP contribution is -2.43. The standard InChI is InChI=1S/C20H32O4S2Si2/c1-20(2,3)28(7,8)23-16-11-9-15(10-12-16)19(24-27(4,5)6)18-13-17(14-25-18)26(21)22/h9-14,19H,1-8H3,(H,21,22). The molecule has 0 radical (unpaired) electrons. The molecule has 0 saturated carbocycles. The van der Waals surface area contributed by atoms with Gasteiger partial charge in [-0.1, -0.05) is 32.9 Å². The van der Waals surface area contributed by atoms with Crippen LogP contribution >= 0.6 is 11.3 Å². The third-order valence-corrected chi connectivity index (χ3v) is 12.0. The fourth-order valence-corrected chi connectivity index (χ4v) is 6.05. The van der Waals surface area contributed by atoms with Gasteiger partial charge in [0.2, 0.25) is 8.32 Å². The first-order valence-corrected chi connectivity index (χ1v) is 17.7. The van der Waals surface area contributed by atoms with Gasteiger partial charge in [-0.05, 0) is 61.5 Å². The number of hydrogen-bond acceptors (Lipinski definition) is 4. The lowest BCUT2D eigenvalue weighted by molar-refractivity contribution is 0.243. The summed E-state index contributed by atoms with van der Waals surface area (Å²) in [4.78, 5) is 1.36. The Bertz CT molecular complexity index is 818. The number of thiophene rings is 1. The molecule has 156 valence electrons. The zero-order valence-electron chi connectivity index (χ0n) is 18.0. The molecule has 0 amide bonds. The van der Waals surface area contributed by atoms with Gasteiger partial charge in [0.25, 0.3) is 0 Å². The lowest BCUT2D eigenvalue weighted by Gasteiger charge is -2.36. The van der Waals surface area contributed by atoms with Crippen LogP contribution in [0.25, 0.3) is 0 Å². The molecule has 2 rings (SSSR count). The maximum atomic E-state index is 11.4. The molecule has 2 atom stereocenters. The Balaban J connectivity index is 2.32. The highest BCUT2D eigenvalue weighted by molar-refractivity contribution is 7.79. The second kappa shape index (κ2) is 8.53. The highest BCUT2D eigenvalue weighted by Crippen LogP contribution is 2.39. The van der Waals surface area contributed by atoms with Crippen LogP contribution in [0.15, 0.2) is 40.6 Å². The second-order valence-electron chi connectivity index (χ2n) is 9.48. The first-order chi connectivity index (χ1) is 12.7. The average Bonchev–Trinajstić information content (AvgIpc) is 3.01. The van der Waals surface area contributed by atoms with Crippen LogP contribution in [-0.4, -0.2) is 25.4 Å². The lowest BCUT2D eigenvalue weighted by atomic mass is 10.1. The molecule has 2 unspecified atom stereocenters. The van der Waals surface area contributed by atoms with Gasteiger partial charge in [0.15, 0.2) is 19.4 Å². The number of rotatable bonds is 7. The van der Waals surface area contributed by atoms with Crippen LogP contribution in [-0.2, 0) is 15.5 Å². The highest BCUT2D eigenvalue weighted by atomic mass is 32.2. The molecule has 0 aliphatic heterocycles. The fourth-order valence-electron chi connectivity index (χ4n) is 2.37. The molecule has 0 aliphatic carbocycles. The maximum absolute atomic E-state index is 11.4. The summed E-state index contributed by atoms with van der Waals surface area (Å²) in [6, 6.07) is 9.88. The fraction of sp³-hybridized carbons (Fsp3) is 0.500. The van der Waals surface area contributed by atoms with Crippen molar-refractivity contribution in [3.8, 4) is 5.75 Å². The van der Waals surface area contributed by atoms with Gasteiger partial charge in [-0.15, -0.1) is 11.3 Å². The van der Waals surface area contributed by atoms with E-state index >= 15 is 0 Å². The topological polar surface area (TPSA) is 55.8 Å². The van der Waals surface area contributed by atoms with Gasteiger partial charge in [-0.3, -0.25) is 0 Å². The van der Waals surface area contributed by atoms with Crippen molar-refractivity contribution in [2.75, 3.05) is 0 Å². The van der Waals surface area contributed by atoms with Crippen molar-refractivity contribution in [3.05, 3.63) is 46.2 Å². The molecular weight excluding hydrogens is 425 g/mol. The highest BCUT2D eigenvalue weighted by Gasteiger charge is 2.39. The van der Waals surface area contributed by atoms with Crippen molar-refractivity contribution in [1.29, 1.82) is 0 Å². The minimum Gasteiger partial charge on any atom is -0.544 e. The number of hydrogen-bond donors (Lipinski definition) is 1. The van der Waals surface area contributed by atoms with Gasteiger partial charge in [-0.2, -0.15) is 0 Å². The van der Waals surface area contributed by atoms with E-state index in [2.05, 4.69) is 53.5 Å². The molecule has 0 bridgehead atoms. The molecule has 0 saturated heterocycles. The predicted octanol–water partition coefficient (Wildman–Crippen LogP) is 6.65. The molecule has 1 heterocycles. The van der Waals surface area contributed by atoms with Crippen molar-refractivity contribution < 1.29 is 17.6 Å². The van der Waals surface area contributed by atoms with Crippen molar-refractivity contribution in [2.45, 2.75) is 69.5 Å². The summed E-state index contributed by atoms with van der Waals surface area (Å²) in [5, 5.41) is 1.86. The van der Waals surface area contributed by atoms with E-state index < -0.39 is 27.7 Å². The van der Waals surface area contributed by atoms with Crippen LogP contribution in [0.1, 0.15) is 37.3 Å². The molecular formula is C20H32O4S2Si2. The molecule has 1 aromatic carbocycles. The normalized spacial score (nSPS) is 15.3. The van der Waals surface area contributed by atoms with E-state index in [0.29, 0.717) is 4.90 Å². The van der Waals surface area contributed by atoms with E-state index in [1.54, 1.807) is 11.4 Å². The van der Waals surface area contributed by atoms with Crippen molar-refractivity contribution in [3.63, 3.8) is 0 Å². The van der Waals surface area contributed by atoms with E-state index in [4.69, 9.17) is 8.85 Å². The summed E-state index contributed by atoms with van der Waals surface area (Å²) in [5.41, 5.74) is 1.03. The van der Waals surface area contributed by atoms with Gasteiger partial charge in [0.05, 0.1) is 4.90 Å². The Hall–Kier alpha value is -0.776. The molecule has 8 heteroatoms. The van der Waals surface area contributed by atoms with E-state index in [1.807, 2.05) is 24.3 Å². The van der Waals surface area contributed by atoms with E-state index in [1.165, 1.54) is 11.3 Å². The summed E-state index contributed by atoms with van der Waals surface area (Å²) < 4.78 is 33.6. The average molecular weight is 457 g/mol. The molecule has 4 nitrogen and oxygen atoms in total. The Morgan fingerprint density at radius 1 is 1.07 bits per heavy atom. The molecule has 28 heavy (non-hydrogen) atoms. The molecule has 0 spiro atoms. The Morgan fingerprint density at radius 3 is 2.07 bits per heavy atom. The first kappa shape index (κ1) is 23.5. The van der Waals surface area contributed by atoms with Crippen molar-refractivity contribution >= 4 is 39.1 Å². The van der Waals surface area contributed by atoms with Gasteiger partial charge >= 0.3 is 0 Å². The quantitative estimate of drug-likeness (QED) is 0.374. The third-order valence-electron chi connectivity index (χ3n) is 4.89. The van der Waals surface area contributed by atoms with Gasteiger partial charge < -0.3 is 13.4 Å². The van der Waals surface area contributed by atoms with Crippen LogP contribution in [0.4, 0.5) is 0 Å². The van der Waals surface area contributed by atoms with Gasteiger partial charge in [-0.25, -0.2) is 4.21 Å². The molecule has 2 aromatic rings. The Morgan fingerprint density at radius 2 is 1.64 bits per heavy atom. The maximum Gasteiger partial charge on any atom is 0.250 e. The smallest absolute Gasteiger partial charge is 0.250 e. The zero-order valence-corrected chi connectivity index (χ0v) is 21.7. The van der Waals surface area contributed by atoms with Crippen LogP contribution < -0.4 is 4.43 Å². The minimum absolute atomic E-state index is 0.141. The van der Waals surface area contributed by atoms with Gasteiger partial charge in [0.1, 0.15) is 11.9 Å². The summed E-state index contributed by atoms with van der Waals surface area (Å²) in [5.74, 6) is 0.880. The van der Waals surface area contributed by atoms with Crippen LogP contribution in [0.3, 0.4) is 0 Å². The molecule has 1 aromatic heterocycles. The summed E-state index contributed by atoms with van der Waals surface area (Å²) in [7, 11) is -3.72. The largest absolute Gasteiger partial charge is 0.544 e.